The number of nitrogens with zero attached hydrogens (tertiary/aromatic N) is 2. The van der Waals surface area contributed by atoms with Crippen LogP contribution in [-0.4, -0.2) is 49.8 Å². The summed E-state index contributed by atoms with van der Waals surface area (Å²) < 4.78 is 32.7. The lowest BCUT2D eigenvalue weighted by molar-refractivity contribution is 0.168. The molecule has 1 atom stereocenters. The maximum atomic E-state index is 13.0. The molecule has 1 N–H and O–H groups in total. The molecule has 0 radical (unpaired) electrons. The van der Waals surface area contributed by atoms with Gasteiger partial charge in [0.25, 0.3) is 0 Å². The minimum Gasteiger partial charge on any atom is -0.467 e. The molecule has 1 aliphatic heterocycles. The minimum atomic E-state index is -3.57. The largest absolute Gasteiger partial charge is 0.467 e. The fourth-order valence-corrected chi connectivity index (χ4v) is 4.71. The Kier molecular flexibility index (Phi) is 6.05. The Morgan fingerprint density at radius 3 is 2.21 bits per heavy atom. The van der Waals surface area contributed by atoms with Crippen LogP contribution in [-0.2, 0) is 15.4 Å². The van der Waals surface area contributed by atoms with Gasteiger partial charge in [-0.05, 0) is 42.2 Å². The van der Waals surface area contributed by atoms with E-state index in [1.165, 1.54) is 4.31 Å². The van der Waals surface area contributed by atoms with Crippen LogP contribution in [0.5, 0.6) is 0 Å². The first kappa shape index (κ1) is 21.4. The van der Waals surface area contributed by atoms with Gasteiger partial charge < -0.3 is 14.6 Å². The third-order valence-electron chi connectivity index (χ3n) is 5.19. The number of benzene rings is 1. The second-order valence-electron chi connectivity index (χ2n) is 8.35. The predicted molar refractivity (Wildman–Crippen MR) is 111 cm³/mol. The molecule has 3 rings (SSSR count). The van der Waals surface area contributed by atoms with Gasteiger partial charge in [0.05, 0.1) is 17.2 Å². The topological polar surface area (TPSA) is 82.9 Å². The van der Waals surface area contributed by atoms with E-state index in [1.54, 1.807) is 35.4 Å². The normalized spacial score (nSPS) is 17.2. The summed E-state index contributed by atoms with van der Waals surface area (Å²) >= 11 is 0. The third kappa shape index (κ3) is 4.82. The summed E-state index contributed by atoms with van der Waals surface area (Å²) in [6.07, 6.45) is 1.57. The maximum absolute atomic E-state index is 13.0. The van der Waals surface area contributed by atoms with Crippen molar-refractivity contribution < 1.29 is 17.6 Å². The van der Waals surface area contributed by atoms with E-state index >= 15 is 0 Å². The van der Waals surface area contributed by atoms with E-state index in [9.17, 15) is 13.2 Å². The van der Waals surface area contributed by atoms with Crippen LogP contribution >= 0.6 is 0 Å². The van der Waals surface area contributed by atoms with Gasteiger partial charge in [-0.25, -0.2) is 13.2 Å². The SMILES string of the molecule is CC(NC(=O)N1CCN(S(=O)(=O)c2ccc(C(C)(C)C)cc2)CC1)c1ccco1. The molecule has 2 heterocycles. The number of hydrogen-bond acceptors (Lipinski definition) is 4. The van der Waals surface area contributed by atoms with Crippen molar-refractivity contribution in [3.05, 3.63) is 54.0 Å². The average molecular weight is 420 g/mol. The Balaban J connectivity index is 1.60. The highest BCUT2D eigenvalue weighted by Crippen LogP contribution is 2.25. The van der Waals surface area contributed by atoms with Crippen molar-refractivity contribution in [1.29, 1.82) is 0 Å². The molecule has 29 heavy (non-hydrogen) atoms. The first-order valence-corrected chi connectivity index (χ1v) is 11.2. The first-order valence-electron chi connectivity index (χ1n) is 9.78. The molecule has 1 fully saturated rings. The monoisotopic (exact) mass is 419 g/mol. The van der Waals surface area contributed by atoms with Crippen LogP contribution in [0.15, 0.2) is 52.0 Å². The molecule has 1 unspecified atom stereocenters. The lowest BCUT2D eigenvalue weighted by Gasteiger charge is -2.34. The van der Waals surface area contributed by atoms with Gasteiger partial charge in [0, 0.05) is 26.2 Å². The van der Waals surface area contributed by atoms with Crippen LogP contribution in [0.2, 0.25) is 0 Å². The molecule has 0 spiro atoms. The van der Waals surface area contributed by atoms with E-state index in [-0.39, 0.29) is 35.5 Å². The van der Waals surface area contributed by atoms with Crippen molar-refractivity contribution in [3.63, 3.8) is 0 Å². The second-order valence-corrected chi connectivity index (χ2v) is 10.3. The lowest BCUT2D eigenvalue weighted by atomic mass is 9.87. The number of rotatable bonds is 4. The molecule has 1 aromatic carbocycles. The summed E-state index contributed by atoms with van der Waals surface area (Å²) in [6.45, 7) is 9.34. The summed E-state index contributed by atoms with van der Waals surface area (Å²) in [5.74, 6) is 0.679. The van der Waals surface area contributed by atoms with Gasteiger partial charge in [-0.2, -0.15) is 4.31 Å². The van der Waals surface area contributed by atoms with E-state index in [0.717, 1.165) is 5.56 Å². The van der Waals surface area contributed by atoms with E-state index in [1.807, 2.05) is 19.1 Å². The molecular weight excluding hydrogens is 390 g/mol. The van der Waals surface area contributed by atoms with E-state index in [4.69, 9.17) is 4.42 Å². The summed E-state index contributed by atoms with van der Waals surface area (Å²) in [5.41, 5.74) is 1.05. The van der Waals surface area contributed by atoms with Gasteiger partial charge in [-0.3, -0.25) is 0 Å². The standard InChI is InChI=1S/C21H29N3O4S/c1-16(19-6-5-15-28-19)22-20(25)23-11-13-24(14-12-23)29(26,27)18-9-7-17(8-10-18)21(2,3)4/h5-10,15-16H,11-14H2,1-4H3,(H,22,25). The molecule has 8 heteroatoms. The quantitative estimate of drug-likeness (QED) is 0.824. The highest BCUT2D eigenvalue weighted by Gasteiger charge is 2.31. The van der Waals surface area contributed by atoms with Gasteiger partial charge in [0.1, 0.15) is 5.76 Å². The summed E-state index contributed by atoms with van der Waals surface area (Å²) in [5, 5.41) is 2.88. The average Bonchev–Trinajstić information content (AvgIpc) is 3.22. The molecule has 2 amide bonds. The Morgan fingerprint density at radius 2 is 1.69 bits per heavy atom. The van der Waals surface area contributed by atoms with E-state index in [0.29, 0.717) is 18.8 Å². The van der Waals surface area contributed by atoms with Crippen LogP contribution in [0.1, 0.15) is 45.1 Å². The molecule has 1 saturated heterocycles. The number of carbonyl (C=O) groups excluding carboxylic acids is 1. The van der Waals surface area contributed by atoms with Crippen molar-refractivity contribution in [2.75, 3.05) is 26.2 Å². The molecule has 2 aromatic rings. The van der Waals surface area contributed by atoms with Crippen molar-refractivity contribution in [2.45, 2.75) is 44.0 Å². The Bertz CT molecular complexity index is 923. The summed E-state index contributed by atoms with van der Waals surface area (Å²) in [6, 6.07) is 10.2. The predicted octanol–water partition coefficient (Wildman–Crippen LogP) is 3.35. The molecule has 0 bridgehead atoms. The molecule has 0 aliphatic carbocycles. The molecule has 1 aromatic heterocycles. The summed E-state index contributed by atoms with van der Waals surface area (Å²) in [4.78, 5) is 14.4. The molecule has 1 aliphatic rings. The van der Waals surface area contributed by atoms with Crippen LogP contribution < -0.4 is 5.32 Å². The van der Waals surface area contributed by atoms with E-state index < -0.39 is 10.0 Å². The first-order chi connectivity index (χ1) is 13.6. The van der Waals surface area contributed by atoms with Crippen LogP contribution in [0, 0.1) is 0 Å². The number of amides is 2. The van der Waals surface area contributed by atoms with Crippen molar-refractivity contribution in [2.24, 2.45) is 0 Å². The Hall–Kier alpha value is -2.32. The van der Waals surface area contributed by atoms with Crippen LogP contribution in [0.4, 0.5) is 4.79 Å². The van der Waals surface area contributed by atoms with Crippen LogP contribution in [0.3, 0.4) is 0 Å². The molecular formula is C21H29N3O4S. The smallest absolute Gasteiger partial charge is 0.318 e. The number of sulfonamides is 1. The summed E-state index contributed by atoms with van der Waals surface area (Å²) in [7, 11) is -3.57. The van der Waals surface area contributed by atoms with Crippen LogP contribution in [0.25, 0.3) is 0 Å². The number of urea groups is 1. The van der Waals surface area contributed by atoms with E-state index in [2.05, 4.69) is 26.1 Å². The van der Waals surface area contributed by atoms with Gasteiger partial charge in [-0.15, -0.1) is 0 Å². The molecule has 0 saturated carbocycles. The van der Waals surface area contributed by atoms with Crippen molar-refractivity contribution >= 4 is 16.1 Å². The number of nitrogens with one attached hydrogen (secondary N) is 1. The van der Waals surface area contributed by atoms with Gasteiger partial charge >= 0.3 is 6.03 Å². The second kappa shape index (κ2) is 8.20. The Morgan fingerprint density at radius 1 is 1.07 bits per heavy atom. The highest BCUT2D eigenvalue weighted by molar-refractivity contribution is 7.89. The Labute approximate surface area is 172 Å². The highest BCUT2D eigenvalue weighted by atomic mass is 32.2. The zero-order valence-corrected chi connectivity index (χ0v) is 18.2. The zero-order chi connectivity index (χ0) is 21.2. The lowest BCUT2D eigenvalue weighted by Crippen LogP contribution is -2.53. The number of piperazine rings is 1. The molecule has 158 valence electrons. The fourth-order valence-electron chi connectivity index (χ4n) is 3.29. The van der Waals surface area contributed by atoms with Crippen molar-refractivity contribution in [3.8, 4) is 0 Å². The van der Waals surface area contributed by atoms with Gasteiger partial charge in [0.2, 0.25) is 10.0 Å². The fraction of sp³-hybridized carbons (Fsp3) is 0.476. The zero-order valence-electron chi connectivity index (χ0n) is 17.4. The number of furan rings is 1. The third-order valence-corrected chi connectivity index (χ3v) is 7.11. The minimum absolute atomic E-state index is 0.0337. The van der Waals surface area contributed by atoms with Crippen molar-refractivity contribution in [1.82, 2.24) is 14.5 Å². The maximum Gasteiger partial charge on any atom is 0.318 e. The molecule has 7 nitrogen and oxygen atoms in total. The number of hydrogen-bond donors (Lipinski definition) is 1. The van der Waals surface area contributed by atoms with Gasteiger partial charge in [0.15, 0.2) is 0 Å². The number of carbonyl (C=O) groups is 1. The van der Waals surface area contributed by atoms with Gasteiger partial charge in [-0.1, -0.05) is 32.9 Å².